The van der Waals surface area contributed by atoms with Crippen molar-refractivity contribution in [2.75, 3.05) is 12.3 Å². The predicted molar refractivity (Wildman–Crippen MR) is 169 cm³/mol. The topological polar surface area (TPSA) is 98.7 Å². The molecule has 2 aliphatic heterocycles. The monoisotopic (exact) mass is 609 g/mol. The number of β-lactam (4-membered cyclic amide) rings is 1. The van der Waals surface area contributed by atoms with E-state index in [1.54, 1.807) is 11.8 Å². The predicted octanol–water partition coefficient (Wildman–Crippen LogP) is 4.85. The van der Waals surface area contributed by atoms with Gasteiger partial charge >= 0.3 is 0 Å². The van der Waals surface area contributed by atoms with Crippen LogP contribution in [0.2, 0.25) is 0 Å². The first-order valence-corrected chi connectivity index (χ1v) is 17.9. The number of carbonyl (C=O) groups is 3. The molecule has 2 heterocycles. The summed E-state index contributed by atoms with van der Waals surface area (Å²) in [5.74, 6) is 6.61. The number of hydrogen-bond donors (Lipinski definition) is 3. The summed E-state index contributed by atoms with van der Waals surface area (Å²) in [5, 5.41) is 15.8. The van der Waals surface area contributed by atoms with Gasteiger partial charge in [-0.3, -0.25) is 19.3 Å². The normalized spacial score (nSPS) is 42.4. The second kappa shape index (κ2) is 11.7. The minimum absolute atomic E-state index is 0.0656. The molecule has 236 valence electrons. The molecule has 0 spiro atoms. The standard InChI is InChI=1S/C35H51N3O4S/c1-6-17-36-31(41)30-21(3)19-43-33-29(32(42)38(30)33)37-28(40)12-7-20(2)25-10-11-26-24-9-8-22-18-23(39)13-15-34(22,4)27(24)14-16-35(25,26)5/h1,20,22-27,29,33,39H,7-19H2,2-5H3,(H,36,41)(H,37,40)/t20-,22-,23-,24+,25-,26+,27+,29?,33?,34+,35-/m1/s1. The Morgan fingerprint density at radius 1 is 1.12 bits per heavy atom. The Morgan fingerprint density at radius 2 is 1.86 bits per heavy atom. The van der Waals surface area contributed by atoms with Gasteiger partial charge in [-0.05, 0) is 123 Å². The maximum absolute atomic E-state index is 13.1. The van der Waals surface area contributed by atoms with Crippen LogP contribution in [0.5, 0.6) is 0 Å². The minimum Gasteiger partial charge on any atom is -0.393 e. The summed E-state index contributed by atoms with van der Waals surface area (Å²) < 4.78 is 0. The van der Waals surface area contributed by atoms with E-state index in [0.717, 1.165) is 42.6 Å². The average Bonchev–Trinajstić information content (AvgIpc) is 3.35. The van der Waals surface area contributed by atoms with E-state index in [-0.39, 0.29) is 35.7 Å². The molecule has 3 amide bonds. The van der Waals surface area contributed by atoms with Gasteiger partial charge < -0.3 is 15.7 Å². The summed E-state index contributed by atoms with van der Waals surface area (Å²) >= 11 is 1.59. The van der Waals surface area contributed by atoms with Crippen LogP contribution in [0.15, 0.2) is 11.3 Å². The molecule has 4 saturated carbocycles. The quantitative estimate of drug-likeness (QED) is 0.283. The molecular weight excluding hydrogens is 558 g/mol. The fraction of sp³-hybridized carbons (Fsp3) is 0.800. The Balaban J connectivity index is 1.03. The smallest absolute Gasteiger partial charge is 0.268 e. The summed E-state index contributed by atoms with van der Waals surface area (Å²) in [6, 6.07) is -0.586. The maximum atomic E-state index is 13.1. The summed E-state index contributed by atoms with van der Waals surface area (Å²) in [4.78, 5) is 40.4. The SMILES string of the molecule is C#CCNC(=O)C1=C(C)CSC2C(NC(=O)CC[C@@H](C)[C@H]3CC[C@H]4[C@@H]5CC[C@@H]6C[C@H](O)CC[C@]6(C)[C@H]5CC[C@]34C)C(=O)N12. The van der Waals surface area contributed by atoms with Gasteiger partial charge in [-0.15, -0.1) is 18.2 Å². The van der Waals surface area contributed by atoms with E-state index in [0.29, 0.717) is 46.5 Å². The second-order valence-corrected chi connectivity index (χ2v) is 16.4. The van der Waals surface area contributed by atoms with Crippen LogP contribution < -0.4 is 10.6 Å². The molecule has 6 rings (SSSR count). The lowest BCUT2D eigenvalue weighted by atomic mass is 9.44. The molecule has 7 nitrogen and oxygen atoms in total. The van der Waals surface area contributed by atoms with Crippen LogP contribution in [0, 0.1) is 58.7 Å². The van der Waals surface area contributed by atoms with Crippen LogP contribution in [-0.4, -0.2) is 57.5 Å². The number of aliphatic hydroxyl groups is 1. The second-order valence-electron chi connectivity index (χ2n) is 15.3. The zero-order valence-electron chi connectivity index (χ0n) is 26.5. The molecule has 0 aromatic heterocycles. The first-order valence-electron chi connectivity index (χ1n) is 16.8. The fourth-order valence-corrected chi connectivity index (χ4v) is 12.3. The number of carbonyl (C=O) groups excluding carboxylic acids is 3. The number of nitrogens with one attached hydrogen (secondary N) is 2. The van der Waals surface area contributed by atoms with Crippen LogP contribution in [0.25, 0.3) is 0 Å². The van der Waals surface area contributed by atoms with Crippen molar-refractivity contribution < 1.29 is 19.5 Å². The van der Waals surface area contributed by atoms with Gasteiger partial charge in [0.05, 0.1) is 12.6 Å². The van der Waals surface area contributed by atoms with Crippen LogP contribution in [0.4, 0.5) is 0 Å². The van der Waals surface area contributed by atoms with Crippen molar-refractivity contribution in [2.45, 2.75) is 116 Å². The van der Waals surface area contributed by atoms with E-state index in [2.05, 4.69) is 37.3 Å². The molecule has 11 atom stereocenters. The van der Waals surface area contributed by atoms with Gasteiger partial charge in [-0.2, -0.15) is 0 Å². The van der Waals surface area contributed by atoms with Gasteiger partial charge in [-0.25, -0.2) is 0 Å². The highest BCUT2D eigenvalue weighted by molar-refractivity contribution is 8.00. The number of amides is 3. The highest BCUT2D eigenvalue weighted by Gasteiger charge is 2.60. The number of nitrogens with zero attached hydrogens (tertiary/aromatic N) is 1. The highest BCUT2D eigenvalue weighted by Crippen LogP contribution is 2.68. The van der Waals surface area contributed by atoms with Crippen LogP contribution in [0.3, 0.4) is 0 Å². The van der Waals surface area contributed by atoms with Gasteiger partial charge in [-0.1, -0.05) is 26.7 Å². The number of fused-ring (bicyclic) bond motifs is 6. The Bertz CT molecular complexity index is 1230. The molecule has 0 aromatic rings. The molecule has 0 radical (unpaired) electrons. The molecular formula is C35H51N3O4S. The third-order valence-corrected chi connectivity index (χ3v) is 14.7. The zero-order chi connectivity index (χ0) is 30.7. The van der Waals surface area contributed by atoms with E-state index < -0.39 is 6.04 Å². The lowest BCUT2D eigenvalue weighted by molar-refractivity contribution is -0.147. The summed E-state index contributed by atoms with van der Waals surface area (Å²) in [6.07, 6.45) is 17.4. The molecule has 6 aliphatic rings. The maximum Gasteiger partial charge on any atom is 0.268 e. The van der Waals surface area contributed by atoms with Crippen molar-refractivity contribution in [3.05, 3.63) is 11.3 Å². The van der Waals surface area contributed by atoms with Crippen molar-refractivity contribution in [2.24, 2.45) is 46.3 Å². The Hall–Kier alpha value is -1.98. The van der Waals surface area contributed by atoms with Crippen LogP contribution in [0.1, 0.15) is 98.3 Å². The summed E-state index contributed by atoms with van der Waals surface area (Å²) in [5.41, 5.74) is 1.97. The number of aliphatic hydroxyl groups excluding tert-OH is 1. The highest BCUT2D eigenvalue weighted by atomic mass is 32.2. The Kier molecular flexibility index (Phi) is 8.47. The fourth-order valence-electron chi connectivity index (χ4n) is 11.0. The van der Waals surface area contributed by atoms with E-state index >= 15 is 0 Å². The van der Waals surface area contributed by atoms with E-state index in [1.165, 1.54) is 49.8 Å². The van der Waals surface area contributed by atoms with Crippen molar-refractivity contribution in [1.29, 1.82) is 0 Å². The Labute approximate surface area is 262 Å². The van der Waals surface area contributed by atoms with Gasteiger partial charge in [0.15, 0.2) is 0 Å². The largest absolute Gasteiger partial charge is 0.393 e. The molecule has 1 saturated heterocycles. The minimum atomic E-state index is -0.586. The summed E-state index contributed by atoms with van der Waals surface area (Å²) in [6.45, 7) is 9.44. The van der Waals surface area contributed by atoms with Crippen LogP contribution in [-0.2, 0) is 14.4 Å². The third-order valence-electron chi connectivity index (χ3n) is 13.3. The average molecular weight is 610 g/mol. The first-order chi connectivity index (χ1) is 20.5. The molecule has 4 aliphatic carbocycles. The van der Waals surface area contributed by atoms with Crippen molar-refractivity contribution in [3.63, 3.8) is 0 Å². The molecule has 8 heteroatoms. The molecule has 5 fully saturated rings. The number of rotatable bonds is 7. The first kappa shape index (κ1) is 31.0. The molecule has 0 aromatic carbocycles. The van der Waals surface area contributed by atoms with Crippen LogP contribution >= 0.6 is 11.8 Å². The van der Waals surface area contributed by atoms with E-state index in [9.17, 15) is 19.5 Å². The summed E-state index contributed by atoms with van der Waals surface area (Å²) in [7, 11) is 0. The number of hydrogen-bond acceptors (Lipinski definition) is 5. The van der Waals surface area contributed by atoms with Gasteiger partial charge in [0.2, 0.25) is 5.91 Å². The van der Waals surface area contributed by atoms with Crippen molar-refractivity contribution in [3.8, 4) is 12.3 Å². The molecule has 43 heavy (non-hydrogen) atoms. The third kappa shape index (κ3) is 5.15. The van der Waals surface area contributed by atoms with Crippen molar-refractivity contribution >= 4 is 29.5 Å². The number of thioether (sulfide) groups is 1. The Morgan fingerprint density at radius 3 is 2.63 bits per heavy atom. The van der Waals surface area contributed by atoms with E-state index in [1.807, 2.05) is 6.92 Å². The van der Waals surface area contributed by atoms with Gasteiger partial charge in [0.1, 0.15) is 17.1 Å². The lowest BCUT2D eigenvalue weighted by Gasteiger charge is -2.61. The molecule has 0 bridgehead atoms. The lowest BCUT2D eigenvalue weighted by Crippen LogP contribution is -2.70. The molecule has 3 N–H and O–H groups in total. The van der Waals surface area contributed by atoms with Gasteiger partial charge in [0.25, 0.3) is 11.8 Å². The zero-order valence-corrected chi connectivity index (χ0v) is 27.3. The van der Waals surface area contributed by atoms with E-state index in [4.69, 9.17) is 6.42 Å². The van der Waals surface area contributed by atoms with Gasteiger partial charge in [0, 0.05) is 12.2 Å². The van der Waals surface area contributed by atoms with Crippen molar-refractivity contribution in [1.82, 2.24) is 15.5 Å². The molecule has 2 unspecified atom stereocenters. The number of terminal acetylenes is 1.